The van der Waals surface area contributed by atoms with Crippen molar-refractivity contribution in [1.29, 1.82) is 0 Å². The summed E-state index contributed by atoms with van der Waals surface area (Å²) in [5.41, 5.74) is 2.09. The van der Waals surface area contributed by atoms with Crippen molar-refractivity contribution in [2.24, 2.45) is 0 Å². The second-order valence-corrected chi connectivity index (χ2v) is 4.93. The number of nitrogens with zero attached hydrogens (tertiary/aromatic N) is 2. The minimum Gasteiger partial charge on any atom is -0.380 e. The van der Waals surface area contributed by atoms with Gasteiger partial charge in [-0.05, 0) is 37.6 Å². The number of anilines is 2. The lowest BCUT2D eigenvalue weighted by Crippen LogP contribution is -2.22. The first-order valence-corrected chi connectivity index (χ1v) is 7.30. The maximum Gasteiger partial charge on any atom is 0.128 e. The fourth-order valence-corrected chi connectivity index (χ4v) is 2.27. The van der Waals surface area contributed by atoms with Crippen LogP contribution in [0.4, 0.5) is 11.5 Å². The number of pyridine rings is 1. The average Bonchev–Trinajstić information content (AvgIpc) is 2.49. The van der Waals surface area contributed by atoms with Crippen molar-refractivity contribution in [3.63, 3.8) is 0 Å². The number of aromatic nitrogens is 1. The second-order valence-electron chi connectivity index (χ2n) is 4.52. The third-order valence-corrected chi connectivity index (χ3v) is 3.64. The first-order valence-electron chi connectivity index (χ1n) is 6.92. The lowest BCUT2D eigenvalue weighted by atomic mass is 10.2. The Balaban J connectivity index is 1.99. The summed E-state index contributed by atoms with van der Waals surface area (Å²) in [4.78, 5) is 6.71. The van der Waals surface area contributed by atoms with E-state index in [1.54, 1.807) is 0 Å². The molecule has 0 atom stereocenters. The van der Waals surface area contributed by atoms with Gasteiger partial charge in [-0.2, -0.15) is 0 Å². The SMILES string of the molecule is CCN(CC)c1ccc(NCc2ccccc2Cl)cn1. The number of hydrogen-bond donors (Lipinski definition) is 1. The van der Waals surface area contributed by atoms with Crippen LogP contribution in [0, 0.1) is 0 Å². The monoisotopic (exact) mass is 289 g/mol. The van der Waals surface area contributed by atoms with E-state index in [2.05, 4.69) is 35.1 Å². The van der Waals surface area contributed by atoms with Crippen molar-refractivity contribution < 1.29 is 0 Å². The third-order valence-electron chi connectivity index (χ3n) is 3.28. The summed E-state index contributed by atoms with van der Waals surface area (Å²) in [7, 11) is 0. The summed E-state index contributed by atoms with van der Waals surface area (Å²) in [6.45, 7) is 6.90. The minimum atomic E-state index is 0.700. The largest absolute Gasteiger partial charge is 0.380 e. The molecule has 0 radical (unpaired) electrons. The van der Waals surface area contributed by atoms with Gasteiger partial charge in [0.25, 0.3) is 0 Å². The molecular formula is C16H20ClN3. The van der Waals surface area contributed by atoms with Crippen LogP contribution in [-0.2, 0) is 6.54 Å². The molecule has 0 amide bonds. The van der Waals surface area contributed by atoms with Crippen molar-refractivity contribution in [2.45, 2.75) is 20.4 Å². The Kier molecular flexibility index (Phi) is 5.24. The van der Waals surface area contributed by atoms with E-state index in [9.17, 15) is 0 Å². The van der Waals surface area contributed by atoms with E-state index in [0.717, 1.165) is 35.2 Å². The van der Waals surface area contributed by atoms with Gasteiger partial charge in [-0.1, -0.05) is 29.8 Å². The van der Waals surface area contributed by atoms with E-state index >= 15 is 0 Å². The van der Waals surface area contributed by atoms with E-state index in [4.69, 9.17) is 11.6 Å². The summed E-state index contributed by atoms with van der Waals surface area (Å²) >= 11 is 6.13. The molecule has 3 nitrogen and oxygen atoms in total. The zero-order valence-electron chi connectivity index (χ0n) is 11.9. The smallest absolute Gasteiger partial charge is 0.128 e. The van der Waals surface area contributed by atoms with E-state index < -0.39 is 0 Å². The van der Waals surface area contributed by atoms with Crippen molar-refractivity contribution in [3.05, 3.63) is 53.2 Å². The highest BCUT2D eigenvalue weighted by Gasteiger charge is 2.03. The quantitative estimate of drug-likeness (QED) is 0.864. The molecule has 1 aromatic heterocycles. The molecule has 0 aliphatic rings. The maximum absolute atomic E-state index is 6.13. The van der Waals surface area contributed by atoms with Crippen LogP contribution in [0.2, 0.25) is 5.02 Å². The topological polar surface area (TPSA) is 28.2 Å². The van der Waals surface area contributed by atoms with Crippen LogP contribution >= 0.6 is 11.6 Å². The fourth-order valence-electron chi connectivity index (χ4n) is 2.06. The molecule has 4 heteroatoms. The van der Waals surface area contributed by atoms with Crippen LogP contribution in [0.25, 0.3) is 0 Å². The first kappa shape index (κ1) is 14.7. The predicted molar refractivity (Wildman–Crippen MR) is 86.6 cm³/mol. The van der Waals surface area contributed by atoms with Gasteiger partial charge in [-0.25, -0.2) is 4.98 Å². The molecule has 106 valence electrons. The van der Waals surface area contributed by atoms with Gasteiger partial charge < -0.3 is 10.2 Å². The lowest BCUT2D eigenvalue weighted by molar-refractivity contribution is 0.846. The molecule has 1 aromatic carbocycles. The second kappa shape index (κ2) is 7.15. The molecule has 0 saturated carbocycles. The molecule has 0 spiro atoms. The van der Waals surface area contributed by atoms with Gasteiger partial charge in [0.2, 0.25) is 0 Å². The highest BCUT2D eigenvalue weighted by atomic mass is 35.5. The number of hydrogen-bond acceptors (Lipinski definition) is 3. The zero-order chi connectivity index (χ0) is 14.4. The van der Waals surface area contributed by atoms with E-state index in [1.807, 2.05) is 36.5 Å². The van der Waals surface area contributed by atoms with Crippen molar-refractivity contribution >= 4 is 23.1 Å². The summed E-state index contributed by atoms with van der Waals surface area (Å²) in [6.07, 6.45) is 1.87. The summed E-state index contributed by atoms with van der Waals surface area (Å²) in [5, 5.41) is 4.12. The van der Waals surface area contributed by atoms with Crippen LogP contribution in [0.15, 0.2) is 42.6 Å². The van der Waals surface area contributed by atoms with Gasteiger partial charge in [-0.15, -0.1) is 0 Å². The Morgan fingerprint density at radius 3 is 2.45 bits per heavy atom. The zero-order valence-corrected chi connectivity index (χ0v) is 12.7. The van der Waals surface area contributed by atoms with E-state index in [-0.39, 0.29) is 0 Å². The molecule has 0 aliphatic carbocycles. The average molecular weight is 290 g/mol. The Bertz CT molecular complexity index is 536. The molecule has 0 aliphatic heterocycles. The fraction of sp³-hybridized carbons (Fsp3) is 0.312. The molecule has 20 heavy (non-hydrogen) atoms. The molecule has 2 aromatic rings. The number of rotatable bonds is 6. The van der Waals surface area contributed by atoms with E-state index in [0.29, 0.717) is 6.54 Å². The lowest BCUT2D eigenvalue weighted by Gasteiger charge is -2.19. The molecule has 1 heterocycles. The van der Waals surface area contributed by atoms with Gasteiger partial charge >= 0.3 is 0 Å². The predicted octanol–water partition coefficient (Wildman–Crippen LogP) is 4.19. The number of benzene rings is 1. The van der Waals surface area contributed by atoms with E-state index in [1.165, 1.54) is 0 Å². The standard InChI is InChI=1S/C16H20ClN3/c1-3-20(4-2)16-10-9-14(12-19-16)18-11-13-7-5-6-8-15(13)17/h5-10,12,18H,3-4,11H2,1-2H3. The first-order chi connectivity index (χ1) is 9.74. The highest BCUT2D eigenvalue weighted by Crippen LogP contribution is 2.18. The van der Waals surface area contributed by atoms with Crippen molar-refractivity contribution in [3.8, 4) is 0 Å². The molecule has 0 unspecified atom stereocenters. The molecule has 2 rings (SSSR count). The molecule has 0 bridgehead atoms. The summed E-state index contributed by atoms with van der Waals surface area (Å²) in [6, 6.07) is 11.9. The maximum atomic E-state index is 6.13. The molecule has 0 saturated heterocycles. The Hall–Kier alpha value is -1.74. The Morgan fingerprint density at radius 2 is 1.85 bits per heavy atom. The van der Waals surface area contributed by atoms with Gasteiger partial charge in [0.15, 0.2) is 0 Å². The van der Waals surface area contributed by atoms with Gasteiger partial charge in [-0.3, -0.25) is 0 Å². The molecule has 1 N–H and O–H groups in total. The normalized spacial score (nSPS) is 10.3. The van der Waals surface area contributed by atoms with Crippen molar-refractivity contribution in [2.75, 3.05) is 23.3 Å². The van der Waals surface area contributed by atoms with Crippen LogP contribution < -0.4 is 10.2 Å². The number of halogens is 1. The molecular weight excluding hydrogens is 270 g/mol. The van der Waals surface area contributed by atoms with Crippen molar-refractivity contribution in [1.82, 2.24) is 4.98 Å². The molecule has 0 fully saturated rings. The van der Waals surface area contributed by atoms with Gasteiger partial charge in [0.05, 0.1) is 11.9 Å². The van der Waals surface area contributed by atoms with Crippen LogP contribution in [0.3, 0.4) is 0 Å². The van der Waals surface area contributed by atoms with Crippen LogP contribution in [-0.4, -0.2) is 18.1 Å². The van der Waals surface area contributed by atoms with Gasteiger partial charge in [0, 0.05) is 24.7 Å². The summed E-state index contributed by atoms with van der Waals surface area (Å²) < 4.78 is 0. The number of nitrogens with one attached hydrogen (secondary N) is 1. The van der Waals surface area contributed by atoms with Crippen LogP contribution in [0.1, 0.15) is 19.4 Å². The highest BCUT2D eigenvalue weighted by molar-refractivity contribution is 6.31. The minimum absolute atomic E-state index is 0.700. The summed E-state index contributed by atoms with van der Waals surface area (Å²) in [5.74, 6) is 1.01. The van der Waals surface area contributed by atoms with Crippen LogP contribution in [0.5, 0.6) is 0 Å². The third kappa shape index (κ3) is 3.64. The Labute approximate surface area is 125 Å². The van der Waals surface area contributed by atoms with Gasteiger partial charge in [0.1, 0.15) is 5.82 Å². The Morgan fingerprint density at radius 1 is 1.10 bits per heavy atom.